The van der Waals surface area contributed by atoms with Crippen molar-refractivity contribution in [2.24, 2.45) is 11.7 Å². The molecule has 2 aliphatic rings. The molecule has 1 aliphatic carbocycles. The van der Waals surface area contributed by atoms with Crippen molar-refractivity contribution in [3.63, 3.8) is 0 Å². The van der Waals surface area contributed by atoms with Crippen molar-refractivity contribution in [2.45, 2.75) is 31.8 Å². The lowest BCUT2D eigenvalue weighted by molar-refractivity contribution is 0.00199. The summed E-state index contributed by atoms with van der Waals surface area (Å²) in [6.07, 6.45) is 4.40. The summed E-state index contributed by atoms with van der Waals surface area (Å²) in [7, 11) is 0. The number of amides is 1. The van der Waals surface area contributed by atoms with Gasteiger partial charge in [-0.1, -0.05) is 0 Å². The maximum absolute atomic E-state index is 11.5. The molecular formula is C10H18N2O2. The number of fused-ring (bicyclic) bond motifs is 1. The first-order valence-electron chi connectivity index (χ1n) is 5.47. The molecule has 0 aromatic rings. The fraction of sp³-hybridized carbons (Fsp3) is 0.900. The zero-order valence-corrected chi connectivity index (χ0v) is 8.45. The summed E-state index contributed by atoms with van der Waals surface area (Å²) in [5.41, 5.74) is 5.42. The maximum Gasteiger partial charge on any atom is 0.410 e. The van der Waals surface area contributed by atoms with Gasteiger partial charge in [0.25, 0.3) is 0 Å². The van der Waals surface area contributed by atoms with Crippen molar-refractivity contribution in [1.29, 1.82) is 0 Å². The summed E-state index contributed by atoms with van der Waals surface area (Å²) in [6, 6.07) is 0. The van der Waals surface area contributed by atoms with Crippen LogP contribution in [0.4, 0.5) is 4.79 Å². The highest BCUT2D eigenvalue weighted by molar-refractivity contribution is 5.68. The van der Waals surface area contributed by atoms with Gasteiger partial charge < -0.3 is 15.4 Å². The molecule has 2 unspecified atom stereocenters. The summed E-state index contributed by atoms with van der Waals surface area (Å²) >= 11 is 0. The van der Waals surface area contributed by atoms with Crippen molar-refractivity contribution in [3.8, 4) is 0 Å². The smallest absolute Gasteiger partial charge is 0.410 e. The van der Waals surface area contributed by atoms with Crippen molar-refractivity contribution in [2.75, 3.05) is 19.6 Å². The van der Waals surface area contributed by atoms with E-state index in [-0.39, 0.29) is 12.2 Å². The standard InChI is InChI=1S/C10H18N2O2/c11-5-2-6-12-7-8-3-1-4-9(8)14-10(12)13/h8-9H,1-7,11H2. The van der Waals surface area contributed by atoms with Crippen LogP contribution in [-0.4, -0.2) is 36.7 Å². The zero-order valence-electron chi connectivity index (χ0n) is 8.45. The van der Waals surface area contributed by atoms with E-state index in [1.54, 1.807) is 4.90 Å². The van der Waals surface area contributed by atoms with Crippen LogP contribution in [0.1, 0.15) is 25.7 Å². The van der Waals surface area contributed by atoms with Crippen LogP contribution in [0.5, 0.6) is 0 Å². The van der Waals surface area contributed by atoms with Gasteiger partial charge in [-0.25, -0.2) is 4.79 Å². The summed E-state index contributed by atoms with van der Waals surface area (Å²) in [6.45, 7) is 2.26. The molecule has 0 spiro atoms. The average Bonchev–Trinajstić information content (AvgIpc) is 2.61. The fourth-order valence-corrected chi connectivity index (χ4v) is 2.39. The number of hydrogen-bond donors (Lipinski definition) is 1. The van der Waals surface area contributed by atoms with E-state index in [1.165, 1.54) is 12.8 Å². The summed E-state index contributed by atoms with van der Waals surface area (Å²) in [5.74, 6) is 0.575. The van der Waals surface area contributed by atoms with Crippen LogP contribution in [0.2, 0.25) is 0 Å². The molecule has 4 nitrogen and oxygen atoms in total. The van der Waals surface area contributed by atoms with Crippen molar-refractivity contribution in [1.82, 2.24) is 4.90 Å². The molecule has 4 heteroatoms. The third-order valence-electron chi connectivity index (χ3n) is 3.19. The van der Waals surface area contributed by atoms with Gasteiger partial charge in [-0.05, 0) is 32.2 Å². The first-order chi connectivity index (χ1) is 6.81. The second-order valence-electron chi connectivity index (χ2n) is 4.20. The third-order valence-corrected chi connectivity index (χ3v) is 3.19. The third kappa shape index (κ3) is 1.85. The molecule has 0 radical (unpaired) electrons. The Morgan fingerprint density at radius 1 is 1.50 bits per heavy atom. The normalized spacial score (nSPS) is 31.5. The molecule has 1 heterocycles. The number of nitrogens with two attached hydrogens (primary N) is 1. The first kappa shape index (κ1) is 9.77. The molecule has 1 saturated heterocycles. The average molecular weight is 198 g/mol. The molecule has 1 saturated carbocycles. The van der Waals surface area contributed by atoms with Crippen LogP contribution in [0.25, 0.3) is 0 Å². The van der Waals surface area contributed by atoms with E-state index < -0.39 is 0 Å². The van der Waals surface area contributed by atoms with E-state index in [2.05, 4.69) is 0 Å². The Bertz CT molecular complexity index is 220. The number of rotatable bonds is 3. The largest absolute Gasteiger partial charge is 0.446 e. The topological polar surface area (TPSA) is 55.6 Å². The minimum Gasteiger partial charge on any atom is -0.446 e. The SMILES string of the molecule is NCCCN1CC2CCCC2OC1=O. The number of hydrogen-bond acceptors (Lipinski definition) is 3. The van der Waals surface area contributed by atoms with Crippen molar-refractivity contribution >= 4 is 6.09 Å². The molecule has 0 aromatic carbocycles. The van der Waals surface area contributed by atoms with E-state index in [4.69, 9.17) is 10.5 Å². The quantitative estimate of drug-likeness (QED) is 0.734. The number of carbonyl (C=O) groups excluding carboxylic acids is 1. The second kappa shape index (κ2) is 4.17. The minimum absolute atomic E-state index is 0.137. The Morgan fingerprint density at radius 2 is 2.36 bits per heavy atom. The lowest BCUT2D eigenvalue weighted by atomic mass is 10.0. The van der Waals surface area contributed by atoms with E-state index in [0.29, 0.717) is 12.5 Å². The Kier molecular flexibility index (Phi) is 2.91. The van der Waals surface area contributed by atoms with Gasteiger partial charge >= 0.3 is 6.09 Å². The van der Waals surface area contributed by atoms with E-state index in [0.717, 1.165) is 25.9 Å². The molecule has 14 heavy (non-hydrogen) atoms. The van der Waals surface area contributed by atoms with Crippen LogP contribution in [-0.2, 0) is 4.74 Å². The molecule has 2 fully saturated rings. The fourth-order valence-electron chi connectivity index (χ4n) is 2.39. The predicted molar refractivity (Wildman–Crippen MR) is 52.9 cm³/mol. The number of nitrogens with zero attached hydrogens (tertiary/aromatic N) is 1. The Labute approximate surface area is 84.4 Å². The van der Waals surface area contributed by atoms with Crippen LogP contribution in [0.3, 0.4) is 0 Å². The van der Waals surface area contributed by atoms with E-state index >= 15 is 0 Å². The van der Waals surface area contributed by atoms with Gasteiger partial charge in [0.15, 0.2) is 0 Å². The monoisotopic (exact) mass is 198 g/mol. The van der Waals surface area contributed by atoms with Gasteiger partial charge in [-0.15, -0.1) is 0 Å². The van der Waals surface area contributed by atoms with Gasteiger partial charge in [0.1, 0.15) is 6.10 Å². The van der Waals surface area contributed by atoms with Crippen molar-refractivity contribution in [3.05, 3.63) is 0 Å². The summed E-state index contributed by atoms with van der Waals surface area (Å²) < 4.78 is 5.37. The predicted octanol–water partition coefficient (Wildman–Crippen LogP) is 0.956. The highest BCUT2D eigenvalue weighted by atomic mass is 16.6. The molecular weight excluding hydrogens is 180 g/mol. The first-order valence-corrected chi connectivity index (χ1v) is 5.47. The number of carbonyl (C=O) groups is 1. The number of ether oxygens (including phenoxy) is 1. The van der Waals surface area contributed by atoms with Gasteiger partial charge in [-0.3, -0.25) is 0 Å². The maximum atomic E-state index is 11.5. The molecule has 2 N–H and O–H groups in total. The van der Waals surface area contributed by atoms with Gasteiger partial charge in [0.05, 0.1) is 0 Å². The minimum atomic E-state index is -0.137. The van der Waals surface area contributed by atoms with Crippen LogP contribution in [0, 0.1) is 5.92 Å². The summed E-state index contributed by atoms with van der Waals surface area (Å²) in [5, 5.41) is 0. The Hall–Kier alpha value is -0.770. The lowest BCUT2D eigenvalue weighted by Gasteiger charge is -2.34. The zero-order chi connectivity index (χ0) is 9.97. The second-order valence-corrected chi connectivity index (χ2v) is 4.20. The lowest BCUT2D eigenvalue weighted by Crippen LogP contribution is -2.46. The molecule has 80 valence electrons. The molecule has 0 aromatic heterocycles. The van der Waals surface area contributed by atoms with Crippen LogP contribution >= 0.6 is 0 Å². The molecule has 1 aliphatic heterocycles. The van der Waals surface area contributed by atoms with Gasteiger partial charge in [-0.2, -0.15) is 0 Å². The Balaban J connectivity index is 1.89. The summed E-state index contributed by atoms with van der Waals surface area (Å²) in [4.78, 5) is 13.3. The van der Waals surface area contributed by atoms with Crippen LogP contribution in [0.15, 0.2) is 0 Å². The highest BCUT2D eigenvalue weighted by Gasteiger charge is 2.38. The molecule has 0 bridgehead atoms. The highest BCUT2D eigenvalue weighted by Crippen LogP contribution is 2.32. The molecule has 1 amide bonds. The van der Waals surface area contributed by atoms with E-state index in [9.17, 15) is 4.79 Å². The van der Waals surface area contributed by atoms with Crippen molar-refractivity contribution < 1.29 is 9.53 Å². The molecule has 2 atom stereocenters. The molecule has 2 rings (SSSR count). The van der Waals surface area contributed by atoms with Gasteiger partial charge in [0.2, 0.25) is 0 Å². The van der Waals surface area contributed by atoms with Gasteiger partial charge in [0, 0.05) is 19.0 Å². The van der Waals surface area contributed by atoms with E-state index in [1.807, 2.05) is 0 Å². The Morgan fingerprint density at radius 3 is 3.14 bits per heavy atom. The van der Waals surface area contributed by atoms with Crippen LogP contribution < -0.4 is 5.73 Å².